The van der Waals surface area contributed by atoms with E-state index in [1.54, 1.807) is 18.3 Å². The number of aromatic nitrogens is 1. The summed E-state index contributed by atoms with van der Waals surface area (Å²) in [5, 5.41) is 0.156. The van der Waals surface area contributed by atoms with Crippen molar-refractivity contribution in [2.45, 2.75) is 0 Å². The molecule has 1 rings (SSSR count). The molecule has 0 aliphatic rings. The SMILES string of the molecule is O=CC(Cl)=Cc1ccccn1. The van der Waals surface area contributed by atoms with Crippen molar-refractivity contribution in [2.75, 3.05) is 0 Å². The Kier molecular flexibility index (Phi) is 2.81. The topological polar surface area (TPSA) is 30.0 Å². The van der Waals surface area contributed by atoms with Crippen LogP contribution in [0.5, 0.6) is 0 Å². The van der Waals surface area contributed by atoms with Crippen molar-refractivity contribution in [1.29, 1.82) is 0 Å². The first-order chi connectivity index (χ1) is 5.33. The zero-order valence-corrected chi connectivity index (χ0v) is 6.45. The molecule has 56 valence electrons. The van der Waals surface area contributed by atoms with Crippen molar-refractivity contribution in [3.8, 4) is 0 Å². The molecule has 0 N–H and O–H groups in total. The van der Waals surface area contributed by atoms with Gasteiger partial charge in [-0.1, -0.05) is 17.7 Å². The molecule has 0 amide bonds. The summed E-state index contributed by atoms with van der Waals surface area (Å²) in [4.78, 5) is 14.0. The molecule has 1 aromatic rings. The molecule has 0 unspecified atom stereocenters. The minimum Gasteiger partial charge on any atom is -0.297 e. The molecule has 0 aliphatic heterocycles. The van der Waals surface area contributed by atoms with E-state index in [2.05, 4.69) is 4.98 Å². The Balaban J connectivity index is 2.87. The Bertz CT molecular complexity index is 269. The van der Waals surface area contributed by atoms with E-state index in [0.717, 1.165) is 0 Å². The second-order valence-electron chi connectivity index (χ2n) is 1.90. The van der Waals surface area contributed by atoms with Crippen LogP contribution >= 0.6 is 11.6 Å². The number of carbonyl (C=O) groups is 1. The summed E-state index contributed by atoms with van der Waals surface area (Å²) in [6.07, 6.45) is 3.73. The van der Waals surface area contributed by atoms with E-state index in [-0.39, 0.29) is 5.03 Å². The van der Waals surface area contributed by atoms with Crippen LogP contribution < -0.4 is 0 Å². The van der Waals surface area contributed by atoms with E-state index < -0.39 is 0 Å². The molecule has 3 heteroatoms. The Morgan fingerprint density at radius 3 is 2.91 bits per heavy atom. The first-order valence-corrected chi connectivity index (χ1v) is 3.44. The van der Waals surface area contributed by atoms with E-state index in [9.17, 15) is 4.79 Å². The summed E-state index contributed by atoms with van der Waals surface area (Å²) >= 11 is 5.45. The molecule has 0 radical (unpaired) electrons. The fraction of sp³-hybridized carbons (Fsp3) is 0. The number of allylic oxidation sites excluding steroid dienone is 1. The lowest BCUT2D eigenvalue weighted by atomic mass is 10.3. The van der Waals surface area contributed by atoms with Gasteiger partial charge in [-0.05, 0) is 18.2 Å². The maximum absolute atomic E-state index is 10.1. The van der Waals surface area contributed by atoms with Gasteiger partial charge in [0, 0.05) is 6.20 Å². The Morgan fingerprint density at radius 2 is 2.36 bits per heavy atom. The largest absolute Gasteiger partial charge is 0.297 e. The fourth-order valence-electron chi connectivity index (χ4n) is 0.637. The van der Waals surface area contributed by atoms with Gasteiger partial charge in [0.15, 0.2) is 6.29 Å². The third kappa shape index (κ3) is 2.51. The highest BCUT2D eigenvalue weighted by Gasteiger charge is 1.89. The van der Waals surface area contributed by atoms with Crippen LogP contribution in [0.2, 0.25) is 0 Å². The molecule has 1 aromatic heterocycles. The van der Waals surface area contributed by atoms with Crippen molar-refractivity contribution in [3.63, 3.8) is 0 Å². The maximum atomic E-state index is 10.1. The second-order valence-corrected chi connectivity index (χ2v) is 2.34. The number of nitrogens with zero attached hydrogens (tertiary/aromatic N) is 1. The predicted octanol–water partition coefficient (Wildman–Crippen LogP) is 1.86. The highest BCUT2D eigenvalue weighted by atomic mass is 35.5. The molecule has 0 saturated carbocycles. The van der Waals surface area contributed by atoms with Crippen LogP contribution in [0.15, 0.2) is 29.4 Å². The summed E-state index contributed by atoms with van der Waals surface area (Å²) in [6, 6.07) is 5.39. The summed E-state index contributed by atoms with van der Waals surface area (Å²) in [7, 11) is 0. The van der Waals surface area contributed by atoms with Gasteiger partial charge < -0.3 is 0 Å². The maximum Gasteiger partial charge on any atom is 0.161 e. The minimum atomic E-state index is 0.156. The van der Waals surface area contributed by atoms with Crippen LogP contribution in [0.3, 0.4) is 0 Å². The van der Waals surface area contributed by atoms with Crippen LogP contribution in [-0.4, -0.2) is 11.3 Å². The van der Waals surface area contributed by atoms with E-state index >= 15 is 0 Å². The highest BCUT2D eigenvalue weighted by molar-refractivity contribution is 6.40. The standard InChI is InChI=1S/C8H6ClNO/c9-7(6-11)5-8-3-1-2-4-10-8/h1-6H. The molecule has 0 aliphatic carbocycles. The zero-order chi connectivity index (χ0) is 8.10. The molecule has 0 saturated heterocycles. The van der Waals surface area contributed by atoms with Gasteiger partial charge in [-0.3, -0.25) is 9.78 Å². The molecular weight excluding hydrogens is 162 g/mol. The van der Waals surface area contributed by atoms with Gasteiger partial charge in [0.2, 0.25) is 0 Å². The third-order valence-electron chi connectivity index (χ3n) is 1.09. The fourth-order valence-corrected chi connectivity index (χ4v) is 0.748. The van der Waals surface area contributed by atoms with Crippen LogP contribution in [0.25, 0.3) is 6.08 Å². The van der Waals surface area contributed by atoms with Crippen molar-refractivity contribution >= 4 is 24.0 Å². The number of hydrogen-bond acceptors (Lipinski definition) is 2. The van der Waals surface area contributed by atoms with E-state index in [4.69, 9.17) is 11.6 Å². The molecule has 0 atom stereocenters. The lowest BCUT2D eigenvalue weighted by Crippen LogP contribution is -1.79. The van der Waals surface area contributed by atoms with Gasteiger partial charge in [-0.2, -0.15) is 0 Å². The molecule has 0 fully saturated rings. The molecular formula is C8H6ClNO. The van der Waals surface area contributed by atoms with Gasteiger partial charge in [0.05, 0.1) is 10.7 Å². The normalized spacial score (nSPS) is 11.2. The summed E-state index contributed by atoms with van der Waals surface area (Å²) in [5.41, 5.74) is 0.685. The Hall–Kier alpha value is -1.15. The van der Waals surface area contributed by atoms with E-state index in [1.807, 2.05) is 6.07 Å². The number of rotatable bonds is 2. The smallest absolute Gasteiger partial charge is 0.161 e. The van der Waals surface area contributed by atoms with Crippen molar-refractivity contribution < 1.29 is 4.79 Å². The second kappa shape index (κ2) is 3.88. The molecule has 0 spiro atoms. The first-order valence-electron chi connectivity index (χ1n) is 3.06. The Labute approximate surface area is 69.5 Å². The average Bonchev–Trinajstić information content (AvgIpc) is 2.06. The number of aldehydes is 1. The molecule has 0 bridgehead atoms. The quantitative estimate of drug-likeness (QED) is 0.497. The zero-order valence-electron chi connectivity index (χ0n) is 5.70. The van der Waals surface area contributed by atoms with Gasteiger partial charge in [-0.15, -0.1) is 0 Å². The summed E-state index contributed by atoms with van der Waals surface area (Å²) in [5.74, 6) is 0. The van der Waals surface area contributed by atoms with Gasteiger partial charge in [0.1, 0.15) is 0 Å². The van der Waals surface area contributed by atoms with Crippen molar-refractivity contribution in [2.24, 2.45) is 0 Å². The van der Waals surface area contributed by atoms with Gasteiger partial charge >= 0.3 is 0 Å². The first kappa shape index (κ1) is 7.95. The van der Waals surface area contributed by atoms with Crippen LogP contribution in [0, 0.1) is 0 Å². The lowest BCUT2D eigenvalue weighted by Gasteiger charge is -1.88. The minimum absolute atomic E-state index is 0.156. The van der Waals surface area contributed by atoms with Crippen LogP contribution in [0.1, 0.15) is 5.69 Å². The van der Waals surface area contributed by atoms with Gasteiger partial charge in [0.25, 0.3) is 0 Å². The van der Waals surface area contributed by atoms with Crippen molar-refractivity contribution in [3.05, 3.63) is 35.1 Å². The number of pyridine rings is 1. The average molecular weight is 168 g/mol. The molecule has 1 heterocycles. The summed E-state index contributed by atoms with van der Waals surface area (Å²) in [6.45, 7) is 0. The number of hydrogen-bond donors (Lipinski definition) is 0. The predicted molar refractivity (Wildman–Crippen MR) is 44.1 cm³/mol. The number of halogens is 1. The summed E-state index contributed by atoms with van der Waals surface area (Å²) < 4.78 is 0. The van der Waals surface area contributed by atoms with Crippen LogP contribution in [-0.2, 0) is 4.79 Å². The highest BCUT2D eigenvalue weighted by Crippen LogP contribution is 2.04. The monoisotopic (exact) mass is 167 g/mol. The molecule has 11 heavy (non-hydrogen) atoms. The lowest BCUT2D eigenvalue weighted by molar-refractivity contribution is -0.104. The van der Waals surface area contributed by atoms with Gasteiger partial charge in [-0.25, -0.2) is 0 Å². The number of carbonyl (C=O) groups excluding carboxylic acids is 1. The van der Waals surface area contributed by atoms with Crippen LogP contribution in [0.4, 0.5) is 0 Å². The Morgan fingerprint density at radius 1 is 1.55 bits per heavy atom. The van der Waals surface area contributed by atoms with E-state index in [1.165, 1.54) is 6.08 Å². The van der Waals surface area contributed by atoms with Crippen molar-refractivity contribution in [1.82, 2.24) is 4.98 Å². The molecule has 0 aromatic carbocycles. The van der Waals surface area contributed by atoms with E-state index in [0.29, 0.717) is 12.0 Å². The molecule has 2 nitrogen and oxygen atoms in total. The third-order valence-corrected chi connectivity index (χ3v) is 1.28.